The first kappa shape index (κ1) is 11.6. The molecule has 98 valence electrons. The fraction of sp³-hybridized carbons (Fsp3) is 0.231. The number of oxazole rings is 1. The van der Waals surface area contributed by atoms with Crippen LogP contribution < -0.4 is 15.5 Å². The maximum absolute atomic E-state index is 11.6. The van der Waals surface area contributed by atoms with Crippen molar-refractivity contribution < 1.29 is 9.21 Å². The number of carbonyl (C=O) groups excluding carboxylic acids is 1. The van der Waals surface area contributed by atoms with Crippen LogP contribution in [0, 0.1) is 0 Å². The van der Waals surface area contributed by atoms with Crippen LogP contribution in [-0.4, -0.2) is 24.1 Å². The smallest absolute Gasteiger partial charge is 0.321 e. The second-order valence-electron chi connectivity index (χ2n) is 4.26. The number of aromatic nitrogens is 1. The molecular formula is C13H14N4O2. The third kappa shape index (κ3) is 2.52. The third-order valence-corrected chi connectivity index (χ3v) is 2.96. The van der Waals surface area contributed by atoms with Crippen LogP contribution in [0.5, 0.6) is 0 Å². The van der Waals surface area contributed by atoms with Crippen molar-refractivity contribution in [3.63, 3.8) is 0 Å². The second kappa shape index (κ2) is 5.01. The summed E-state index contributed by atoms with van der Waals surface area (Å²) in [7, 11) is 0. The molecule has 2 aromatic rings. The lowest BCUT2D eigenvalue weighted by atomic mass is 10.2. The number of nitrogens with zero attached hydrogens (tertiary/aromatic N) is 2. The Balaban J connectivity index is 1.71. The van der Waals surface area contributed by atoms with Crippen LogP contribution in [0.2, 0.25) is 0 Å². The Morgan fingerprint density at radius 3 is 3.16 bits per heavy atom. The van der Waals surface area contributed by atoms with E-state index in [2.05, 4.69) is 15.6 Å². The molecule has 0 atom stereocenters. The van der Waals surface area contributed by atoms with E-state index in [4.69, 9.17) is 4.42 Å². The van der Waals surface area contributed by atoms with Crippen LogP contribution in [0.3, 0.4) is 0 Å². The van der Waals surface area contributed by atoms with Gasteiger partial charge in [-0.3, -0.25) is 4.90 Å². The van der Waals surface area contributed by atoms with Gasteiger partial charge < -0.3 is 15.1 Å². The molecule has 0 bridgehead atoms. The van der Waals surface area contributed by atoms with Gasteiger partial charge >= 0.3 is 6.03 Å². The molecule has 3 rings (SSSR count). The lowest BCUT2D eigenvalue weighted by molar-refractivity contribution is 0.252. The molecule has 0 aliphatic carbocycles. The van der Waals surface area contributed by atoms with E-state index in [0.29, 0.717) is 19.6 Å². The Bertz CT molecular complexity index is 568. The first-order valence-electron chi connectivity index (χ1n) is 6.09. The highest BCUT2D eigenvalue weighted by atomic mass is 16.3. The van der Waals surface area contributed by atoms with Gasteiger partial charge in [0.15, 0.2) is 6.39 Å². The average Bonchev–Trinajstić information content (AvgIpc) is 3.08. The SMILES string of the molecule is O=C1NCCN1c1cccc(NCc2cnco2)c1. The minimum Gasteiger partial charge on any atom is -0.447 e. The molecule has 1 fully saturated rings. The van der Waals surface area contributed by atoms with Crippen LogP contribution >= 0.6 is 0 Å². The van der Waals surface area contributed by atoms with Crippen molar-refractivity contribution in [2.45, 2.75) is 6.54 Å². The largest absolute Gasteiger partial charge is 0.447 e. The first-order chi connectivity index (χ1) is 9.33. The lowest BCUT2D eigenvalue weighted by Gasteiger charge is -2.15. The van der Waals surface area contributed by atoms with Crippen molar-refractivity contribution in [3.05, 3.63) is 42.6 Å². The lowest BCUT2D eigenvalue weighted by Crippen LogP contribution is -2.27. The quantitative estimate of drug-likeness (QED) is 0.877. The van der Waals surface area contributed by atoms with Crippen LogP contribution in [0.1, 0.15) is 5.76 Å². The molecule has 0 radical (unpaired) electrons. The molecule has 0 saturated carbocycles. The fourth-order valence-corrected chi connectivity index (χ4v) is 2.02. The number of urea groups is 1. The minimum absolute atomic E-state index is 0.0487. The van der Waals surface area contributed by atoms with Crippen molar-refractivity contribution in [2.75, 3.05) is 23.3 Å². The molecule has 1 saturated heterocycles. The molecule has 1 aromatic heterocycles. The predicted octanol–water partition coefficient (Wildman–Crippen LogP) is 1.82. The summed E-state index contributed by atoms with van der Waals surface area (Å²) in [6.45, 7) is 1.95. The van der Waals surface area contributed by atoms with Gasteiger partial charge in [-0.15, -0.1) is 0 Å². The topological polar surface area (TPSA) is 70.4 Å². The monoisotopic (exact) mass is 258 g/mol. The highest BCUT2D eigenvalue weighted by Gasteiger charge is 2.20. The van der Waals surface area contributed by atoms with E-state index in [1.165, 1.54) is 6.39 Å². The van der Waals surface area contributed by atoms with E-state index in [1.54, 1.807) is 11.1 Å². The molecule has 6 nitrogen and oxygen atoms in total. The van der Waals surface area contributed by atoms with Gasteiger partial charge in [0.05, 0.1) is 12.7 Å². The highest BCUT2D eigenvalue weighted by Crippen LogP contribution is 2.21. The van der Waals surface area contributed by atoms with Crippen LogP contribution in [0.15, 0.2) is 41.3 Å². The van der Waals surface area contributed by atoms with Gasteiger partial charge in [-0.1, -0.05) is 6.07 Å². The summed E-state index contributed by atoms with van der Waals surface area (Å²) in [4.78, 5) is 17.2. The maximum Gasteiger partial charge on any atom is 0.321 e. The summed E-state index contributed by atoms with van der Waals surface area (Å²) in [5, 5.41) is 6.02. The zero-order chi connectivity index (χ0) is 13.1. The first-order valence-corrected chi connectivity index (χ1v) is 6.09. The Labute approximate surface area is 110 Å². The zero-order valence-corrected chi connectivity index (χ0v) is 10.3. The van der Waals surface area contributed by atoms with Crippen molar-refractivity contribution in [2.24, 2.45) is 0 Å². The summed E-state index contributed by atoms with van der Waals surface area (Å²) < 4.78 is 5.15. The van der Waals surface area contributed by atoms with Crippen LogP contribution in [-0.2, 0) is 6.54 Å². The molecule has 2 amide bonds. The Hall–Kier alpha value is -2.50. The molecule has 0 spiro atoms. The molecule has 0 unspecified atom stereocenters. The number of amides is 2. The molecule has 19 heavy (non-hydrogen) atoms. The van der Waals surface area contributed by atoms with Crippen LogP contribution in [0.4, 0.5) is 16.2 Å². The summed E-state index contributed by atoms with van der Waals surface area (Å²) in [5.74, 6) is 0.768. The van der Waals surface area contributed by atoms with E-state index in [0.717, 1.165) is 17.1 Å². The molecule has 1 aliphatic rings. The van der Waals surface area contributed by atoms with Crippen molar-refractivity contribution in [3.8, 4) is 0 Å². The summed E-state index contributed by atoms with van der Waals surface area (Å²) in [6, 6.07) is 7.69. The highest BCUT2D eigenvalue weighted by molar-refractivity contribution is 5.94. The van der Waals surface area contributed by atoms with E-state index < -0.39 is 0 Å². The van der Waals surface area contributed by atoms with E-state index in [-0.39, 0.29) is 6.03 Å². The van der Waals surface area contributed by atoms with Gasteiger partial charge in [-0.2, -0.15) is 0 Å². The Morgan fingerprint density at radius 1 is 1.47 bits per heavy atom. The van der Waals surface area contributed by atoms with Crippen molar-refractivity contribution in [1.29, 1.82) is 0 Å². The second-order valence-corrected chi connectivity index (χ2v) is 4.26. The minimum atomic E-state index is -0.0487. The average molecular weight is 258 g/mol. The number of rotatable bonds is 4. The van der Waals surface area contributed by atoms with Gasteiger partial charge in [-0.05, 0) is 18.2 Å². The molecule has 6 heteroatoms. The molecule has 2 N–H and O–H groups in total. The number of hydrogen-bond donors (Lipinski definition) is 2. The summed E-state index contributed by atoms with van der Waals surface area (Å²) in [6.07, 6.45) is 3.08. The standard InChI is InChI=1S/C13H14N4O2/c18-13-15-4-5-17(13)11-3-1-2-10(6-11)16-8-12-7-14-9-19-12/h1-3,6-7,9,16H,4-5,8H2,(H,15,18). The van der Waals surface area contributed by atoms with Crippen LogP contribution in [0.25, 0.3) is 0 Å². The third-order valence-electron chi connectivity index (χ3n) is 2.96. The molecule has 1 aliphatic heterocycles. The molecule has 1 aromatic carbocycles. The van der Waals surface area contributed by atoms with Gasteiger partial charge in [0, 0.05) is 24.5 Å². The van der Waals surface area contributed by atoms with Crippen molar-refractivity contribution in [1.82, 2.24) is 10.3 Å². The number of anilines is 2. The van der Waals surface area contributed by atoms with E-state index >= 15 is 0 Å². The number of nitrogens with one attached hydrogen (secondary N) is 2. The number of benzene rings is 1. The number of hydrogen-bond acceptors (Lipinski definition) is 4. The fourth-order valence-electron chi connectivity index (χ4n) is 2.02. The maximum atomic E-state index is 11.6. The zero-order valence-electron chi connectivity index (χ0n) is 10.3. The van der Waals surface area contributed by atoms with Gasteiger partial charge in [0.2, 0.25) is 0 Å². The molecule has 2 heterocycles. The Kier molecular flexibility index (Phi) is 3.06. The summed E-state index contributed by atoms with van der Waals surface area (Å²) in [5.41, 5.74) is 1.83. The van der Waals surface area contributed by atoms with E-state index in [9.17, 15) is 4.79 Å². The van der Waals surface area contributed by atoms with Gasteiger partial charge in [0.25, 0.3) is 0 Å². The predicted molar refractivity (Wildman–Crippen MR) is 71.0 cm³/mol. The molecular weight excluding hydrogens is 244 g/mol. The normalized spacial score (nSPS) is 14.5. The van der Waals surface area contributed by atoms with Gasteiger partial charge in [0.1, 0.15) is 5.76 Å². The number of carbonyl (C=O) groups is 1. The summed E-state index contributed by atoms with van der Waals surface area (Å²) >= 11 is 0. The van der Waals surface area contributed by atoms with Crippen molar-refractivity contribution >= 4 is 17.4 Å². The Morgan fingerprint density at radius 2 is 2.42 bits per heavy atom. The van der Waals surface area contributed by atoms with Gasteiger partial charge in [-0.25, -0.2) is 9.78 Å². The van der Waals surface area contributed by atoms with E-state index in [1.807, 2.05) is 24.3 Å².